The van der Waals surface area contributed by atoms with E-state index in [1.807, 2.05) is 13.8 Å². The smallest absolute Gasteiger partial charge is 0.325 e. The van der Waals surface area contributed by atoms with Crippen molar-refractivity contribution < 1.29 is 24.3 Å². The lowest BCUT2D eigenvalue weighted by atomic mass is 10.0. The van der Waals surface area contributed by atoms with E-state index in [-0.39, 0.29) is 37.0 Å². The quantitative estimate of drug-likeness (QED) is 0.0619. The first kappa shape index (κ1) is 28.5. The molecule has 0 aliphatic carbocycles. The molecular weight excluding hydrogens is 426 g/mol. The highest BCUT2D eigenvalue weighted by Gasteiger charge is 2.29. The van der Waals surface area contributed by atoms with E-state index in [2.05, 4.69) is 33.6 Å². The lowest BCUT2D eigenvalue weighted by molar-refractivity contribution is -0.142. The van der Waals surface area contributed by atoms with E-state index in [4.69, 9.17) is 22.3 Å². The molecule has 0 saturated carbocycles. The zero-order valence-electron chi connectivity index (χ0n) is 18.1. The van der Waals surface area contributed by atoms with Crippen LogP contribution in [0.2, 0.25) is 0 Å². The van der Waals surface area contributed by atoms with Crippen molar-refractivity contribution in [2.45, 2.75) is 64.2 Å². The summed E-state index contributed by atoms with van der Waals surface area (Å²) in [5.74, 6) is -2.98. The van der Waals surface area contributed by atoms with Crippen LogP contribution in [0.25, 0.3) is 0 Å². The minimum absolute atomic E-state index is 0.0312. The number of hydrogen-bond acceptors (Lipinski definition) is 7. The van der Waals surface area contributed by atoms with E-state index >= 15 is 0 Å². The molecule has 0 aromatic carbocycles. The van der Waals surface area contributed by atoms with Crippen LogP contribution < -0.4 is 33.2 Å². The third-order valence-corrected chi connectivity index (χ3v) is 4.57. The van der Waals surface area contributed by atoms with E-state index in [1.54, 1.807) is 0 Å². The van der Waals surface area contributed by atoms with Crippen molar-refractivity contribution in [3.63, 3.8) is 0 Å². The second-order valence-corrected chi connectivity index (χ2v) is 7.92. The van der Waals surface area contributed by atoms with Crippen molar-refractivity contribution in [3.05, 3.63) is 0 Å². The summed E-state index contributed by atoms with van der Waals surface area (Å²) in [5.41, 5.74) is 16.2. The molecule has 178 valence electrons. The molecule has 0 aliphatic rings. The molecule has 10 N–H and O–H groups in total. The monoisotopic (exact) mass is 461 g/mol. The zero-order valence-corrected chi connectivity index (χ0v) is 19.0. The van der Waals surface area contributed by atoms with E-state index in [0.29, 0.717) is 6.42 Å². The summed E-state index contributed by atoms with van der Waals surface area (Å²) in [6.45, 7) is 5.27. The van der Waals surface area contributed by atoms with Gasteiger partial charge in [0, 0.05) is 12.3 Å². The molecule has 0 heterocycles. The summed E-state index contributed by atoms with van der Waals surface area (Å²) in [7, 11) is 0. The number of aliphatic imine (C=N–C) groups is 1. The van der Waals surface area contributed by atoms with Gasteiger partial charge in [0.1, 0.15) is 18.1 Å². The molecule has 0 fully saturated rings. The van der Waals surface area contributed by atoms with Crippen LogP contribution in [0, 0.1) is 5.92 Å². The highest BCUT2D eigenvalue weighted by atomic mass is 32.1. The molecule has 0 aliphatic heterocycles. The maximum absolute atomic E-state index is 12.9. The van der Waals surface area contributed by atoms with Crippen molar-refractivity contribution in [2.24, 2.45) is 28.1 Å². The van der Waals surface area contributed by atoms with E-state index < -0.39 is 47.9 Å². The van der Waals surface area contributed by atoms with Crippen LogP contribution in [-0.4, -0.2) is 71.2 Å². The van der Waals surface area contributed by atoms with Gasteiger partial charge in [-0.3, -0.25) is 24.2 Å². The first-order chi connectivity index (χ1) is 14.4. The molecule has 12 nitrogen and oxygen atoms in total. The maximum atomic E-state index is 12.9. The number of nitrogens with one attached hydrogen (secondary N) is 3. The van der Waals surface area contributed by atoms with E-state index in [9.17, 15) is 19.2 Å². The number of nitrogens with two attached hydrogens (primary N) is 3. The topological polar surface area (TPSA) is 215 Å². The van der Waals surface area contributed by atoms with Crippen LogP contribution in [0.4, 0.5) is 0 Å². The summed E-state index contributed by atoms with van der Waals surface area (Å²) >= 11 is 3.97. The molecule has 0 aromatic heterocycles. The maximum Gasteiger partial charge on any atom is 0.325 e. The van der Waals surface area contributed by atoms with Gasteiger partial charge in [0.05, 0.1) is 6.04 Å². The van der Waals surface area contributed by atoms with Crippen LogP contribution in [0.5, 0.6) is 0 Å². The number of carboxylic acids is 1. The second-order valence-electron chi connectivity index (χ2n) is 7.56. The Hall–Kier alpha value is -2.54. The van der Waals surface area contributed by atoms with E-state index in [1.165, 1.54) is 6.92 Å². The number of carbonyl (C=O) groups excluding carboxylic acids is 3. The Kier molecular flexibility index (Phi) is 13.3. The molecule has 0 aromatic rings. The van der Waals surface area contributed by atoms with Gasteiger partial charge in [-0.2, -0.15) is 12.6 Å². The summed E-state index contributed by atoms with van der Waals surface area (Å²) in [6, 6.07) is -4.01. The molecule has 31 heavy (non-hydrogen) atoms. The van der Waals surface area contributed by atoms with Gasteiger partial charge >= 0.3 is 5.97 Å². The van der Waals surface area contributed by atoms with Crippen molar-refractivity contribution in [1.82, 2.24) is 16.0 Å². The number of nitrogens with zero attached hydrogens (tertiary/aromatic N) is 1. The Balaban J connectivity index is 5.37. The molecule has 0 radical (unpaired) electrons. The Morgan fingerprint density at radius 3 is 2.00 bits per heavy atom. The number of aliphatic carboxylic acids is 1. The van der Waals surface area contributed by atoms with Gasteiger partial charge < -0.3 is 38.3 Å². The van der Waals surface area contributed by atoms with Gasteiger partial charge in [0.25, 0.3) is 0 Å². The standard InChI is InChI=1S/C18H35N7O5S/c1-9(2)7-13(16(28)23-10(3)17(29)30)25-15(27)12(5-4-6-22-18(20)21)24-14(26)11(19)8-31/h9-13,31H,4-8,19H2,1-3H3,(H,23,28)(H,24,26)(H,25,27)(H,29,30)(H4,20,21,22). The molecule has 13 heteroatoms. The number of amides is 3. The van der Waals surface area contributed by atoms with Crippen LogP contribution >= 0.6 is 12.6 Å². The molecule has 4 atom stereocenters. The van der Waals surface area contributed by atoms with Gasteiger partial charge in [0.2, 0.25) is 17.7 Å². The van der Waals surface area contributed by atoms with Crippen molar-refractivity contribution >= 4 is 42.3 Å². The van der Waals surface area contributed by atoms with Gasteiger partial charge in [-0.1, -0.05) is 13.8 Å². The summed E-state index contributed by atoms with van der Waals surface area (Å²) in [4.78, 5) is 52.4. The lowest BCUT2D eigenvalue weighted by Crippen LogP contribution is -2.57. The van der Waals surface area contributed by atoms with Crippen LogP contribution in [0.3, 0.4) is 0 Å². The number of carbonyl (C=O) groups is 4. The van der Waals surface area contributed by atoms with Crippen molar-refractivity contribution in [3.8, 4) is 0 Å². The summed E-state index contributed by atoms with van der Waals surface area (Å²) in [5, 5.41) is 16.5. The molecule has 4 unspecified atom stereocenters. The average molecular weight is 462 g/mol. The highest BCUT2D eigenvalue weighted by Crippen LogP contribution is 2.08. The highest BCUT2D eigenvalue weighted by molar-refractivity contribution is 7.80. The predicted octanol–water partition coefficient (Wildman–Crippen LogP) is -2.10. The van der Waals surface area contributed by atoms with E-state index in [0.717, 1.165) is 0 Å². The van der Waals surface area contributed by atoms with Crippen molar-refractivity contribution in [1.29, 1.82) is 0 Å². The Labute approximate surface area is 187 Å². The van der Waals surface area contributed by atoms with Crippen LogP contribution in [0.15, 0.2) is 4.99 Å². The first-order valence-electron chi connectivity index (χ1n) is 9.94. The minimum atomic E-state index is -1.20. The number of hydrogen-bond donors (Lipinski definition) is 8. The molecule has 0 bridgehead atoms. The van der Waals surface area contributed by atoms with Gasteiger partial charge in [-0.05, 0) is 32.1 Å². The van der Waals surface area contributed by atoms with Gasteiger partial charge in [-0.25, -0.2) is 0 Å². The number of thiol groups is 1. The fourth-order valence-corrected chi connectivity index (χ4v) is 2.65. The Morgan fingerprint density at radius 2 is 1.52 bits per heavy atom. The fraction of sp³-hybridized carbons (Fsp3) is 0.722. The Bertz CT molecular complexity index is 655. The minimum Gasteiger partial charge on any atom is -0.480 e. The first-order valence-corrected chi connectivity index (χ1v) is 10.6. The Morgan fingerprint density at radius 1 is 0.968 bits per heavy atom. The molecule has 3 amide bonds. The van der Waals surface area contributed by atoms with Crippen molar-refractivity contribution in [2.75, 3.05) is 12.3 Å². The third kappa shape index (κ3) is 12.0. The van der Waals surface area contributed by atoms with Crippen LogP contribution in [0.1, 0.15) is 40.0 Å². The predicted molar refractivity (Wildman–Crippen MR) is 120 cm³/mol. The fourth-order valence-electron chi connectivity index (χ4n) is 2.48. The number of carboxylic acid groups (broad SMARTS) is 1. The summed E-state index contributed by atoms with van der Waals surface area (Å²) < 4.78 is 0. The van der Waals surface area contributed by atoms with Gasteiger partial charge in [0.15, 0.2) is 5.96 Å². The van der Waals surface area contributed by atoms with Gasteiger partial charge in [-0.15, -0.1) is 0 Å². The third-order valence-electron chi connectivity index (χ3n) is 4.18. The zero-order chi connectivity index (χ0) is 24.1. The molecule has 0 spiro atoms. The lowest BCUT2D eigenvalue weighted by Gasteiger charge is -2.25. The normalized spacial score (nSPS) is 14.6. The second kappa shape index (κ2) is 14.5. The molecule has 0 rings (SSSR count). The SMILES string of the molecule is CC(C)CC(NC(=O)C(CCCN=C(N)N)NC(=O)C(N)CS)C(=O)NC(C)C(=O)O. The number of guanidine groups is 1. The molecule has 0 saturated heterocycles. The molecular formula is C18H35N7O5S. The number of rotatable bonds is 14. The van der Waals surface area contributed by atoms with Crippen LogP contribution in [-0.2, 0) is 19.2 Å². The largest absolute Gasteiger partial charge is 0.480 e. The average Bonchev–Trinajstić information content (AvgIpc) is 2.67. The summed E-state index contributed by atoms with van der Waals surface area (Å²) in [6.07, 6.45) is 0.841.